The number of nitrogens with zero attached hydrogens (tertiary/aromatic N) is 2. The number of hydrogen-bond acceptors (Lipinski definition) is 6. The maximum absolute atomic E-state index is 12.9. The van der Waals surface area contributed by atoms with Gasteiger partial charge >= 0.3 is 0 Å². The number of aliphatic hydroxyl groups excluding tert-OH is 1. The molecule has 1 aromatic heterocycles. The molecule has 0 saturated carbocycles. The zero-order valence-electron chi connectivity index (χ0n) is 18.3. The maximum atomic E-state index is 12.9. The van der Waals surface area contributed by atoms with Crippen LogP contribution in [0.4, 0.5) is 0 Å². The first-order valence-corrected chi connectivity index (χ1v) is 10.3. The first-order valence-electron chi connectivity index (χ1n) is 10.3. The van der Waals surface area contributed by atoms with Crippen LogP contribution in [-0.2, 0) is 14.3 Å². The average molecular weight is 424 g/mol. The highest BCUT2D eigenvalue weighted by Gasteiger charge is 2.46. The molecular weight excluding hydrogens is 396 g/mol. The third kappa shape index (κ3) is 4.77. The Hall–Kier alpha value is -3.19. The van der Waals surface area contributed by atoms with Gasteiger partial charge in [-0.2, -0.15) is 0 Å². The fraction of sp³-hybridized carbons (Fsp3) is 0.375. The predicted molar refractivity (Wildman–Crippen MR) is 117 cm³/mol. The lowest BCUT2D eigenvalue weighted by Gasteiger charge is -2.24. The third-order valence-corrected chi connectivity index (χ3v) is 5.10. The number of aryl methyl sites for hydroxylation is 1. The number of ether oxygens (including phenoxy) is 2. The van der Waals surface area contributed by atoms with Gasteiger partial charge in [0, 0.05) is 31.6 Å². The van der Waals surface area contributed by atoms with E-state index in [0.717, 1.165) is 11.3 Å². The molecule has 0 unspecified atom stereocenters. The summed E-state index contributed by atoms with van der Waals surface area (Å²) in [5, 5.41) is 11.1. The van der Waals surface area contributed by atoms with E-state index in [1.54, 1.807) is 42.7 Å². The summed E-state index contributed by atoms with van der Waals surface area (Å²) in [6, 6.07) is 8.00. The van der Waals surface area contributed by atoms with E-state index in [2.05, 4.69) is 18.8 Å². The highest BCUT2D eigenvalue weighted by atomic mass is 16.5. The van der Waals surface area contributed by atoms with Crippen molar-refractivity contribution < 1.29 is 24.2 Å². The van der Waals surface area contributed by atoms with E-state index in [1.807, 2.05) is 6.92 Å². The fourth-order valence-electron chi connectivity index (χ4n) is 3.56. The van der Waals surface area contributed by atoms with Crippen molar-refractivity contribution in [3.8, 4) is 5.75 Å². The van der Waals surface area contributed by atoms with Crippen molar-refractivity contribution >= 4 is 17.4 Å². The van der Waals surface area contributed by atoms with Crippen LogP contribution in [0.5, 0.6) is 5.75 Å². The quantitative estimate of drug-likeness (QED) is 0.396. The molecule has 1 amide bonds. The van der Waals surface area contributed by atoms with Crippen LogP contribution in [0.1, 0.15) is 36.6 Å². The molecule has 1 saturated heterocycles. The number of benzene rings is 1. The first-order chi connectivity index (χ1) is 14.8. The van der Waals surface area contributed by atoms with Gasteiger partial charge in [-0.25, -0.2) is 0 Å². The Balaban J connectivity index is 2.05. The first kappa shape index (κ1) is 22.5. The molecule has 1 N–H and O–H groups in total. The molecular formula is C24H28N2O5. The van der Waals surface area contributed by atoms with Crippen molar-refractivity contribution in [2.45, 2.75) is 26.8 Å². The molecule has 2 aromatic rings. The molecule has 1 fully saturated rings. The van der Waals surface area contributed by atoms with Crippen molar-refractivity contribution in [3.05, 3.63) is 65.0 Å². The van der Waals surface area contributed by atoms with Gasteiger partial charge in [-0.3, -0.25) is 14.6 Å². The average Bonchev–Trinajstić information content (AvgIpc) is 3.01. The largest absolute Gasteiger partial charge is 0.507 e. The van der Waals surface area contributed by atoms with Gasteiger partial charge in [0.25, 0.3) is 11.7 Å². The number of carbonyl (C=O) groups is 2. The summed E-state index contributed by atoms with van der Waals surface area (Å²) in [4.78, 5) is 31.2. The number of ketones is 1. The van der Waals surface area contributed by atoms with E-state index in [-0.39, 0.29) is 24.5 Å². The number of aromatic nitrogens is 1. The summed E-state index contributed by atoms with van der Waals surface area (Å²) in [5.41, 5.74) is 1.97. The summed E-state index contributed by atoms with van der Waals surface area (Å²) < 4.78 is 10.9. The molecule has 1 aliphatic rings. The second kappa shape index (κ2) is 9.75. The Morgan fingerprint density at radius 1 is 1.26 bits per heavy atom. The third-order valence-electron chi connectivity index (χ3n) is 5.10. The van der Waals surface area contributed by atoms with Gasteiger partial charge in [-0.05, 0) is 48.2 Å². The number of Topliss-reactive ketones (excluding diaryl/α,β-unsaturated/α-hetero) is 1. The molecule has 7 heteroatoms. The topological polar surface area (TPSA) is 89.0 Å². The van der Waals surface area contributed by atoms with Gasteiger partial charge in [0.15, 0.2) is 0 Å². The van der Waals surface area contributed by atoms with Crippen molar-refractivity contribution in [3.63, 3.8) is 0 Å². The van der Waals surface area contributed by atoms with E-state index in [9.17, 15) is 14.7 Å². The molecule has 31 heavy (non-hydrogen) atoms. The smallest absolute Gasteiger partial charge is 0.295 e. The van der Waals surface area contributed by atoms with E-state index < -0.39 is 17.7 Å². The summed E-state index contributed by atoms with van der Waals surface area (Å²) in [6.45, 7) is 7.08. The van der Waals surface area contributed by atoms with Crippen LogP contribution in [-0.4, -0.2) is 53.5 Å². The fourth-order valence-corrected chi connectivity index (χ4v) is 3.56. The highest BCUT2D eigenvalue weighted by Crippen LogP contribution is 2.39. The molecule has 0 bridgehead atoms. The number of rotatable bonds is 8. The Morgan fingerprint density at radius 2 is 2.03 bits per heavy atom. The van der Waals surface area contributed by atoms with Crippen molar-refractivity contribution in [2.75, 3.05) is 26.9 Å². The number of aliphatic hydroxyl groups is 1. The molecule has 164 valence electrons. The number of likely N-dealkylation sites (tertiary alicyclic amines) is 1. The lowest BCUT2D eigenvalue weighted by Crippen LogP contribution is -2.32. The van der Waals surface area contributed by atoms with Crippen LogP contribution < -0.4 is 4.74 Å². The Bertz CT molecular complexity index is 985. The monoisotopic (exact) mass is 424 g/mol. The molecule has 0 spiro atoms. The number of amides is 1. The van der Waals surface area contributed by atoms with Gasteiger partial charge in [-0.1, -0.05) is 19.9 Å². The summed E-state index contributed by atoms with van der Waals surface area (Å²) in [7, 11) is 1.53. The molecule has 1 aliphatic heterocycles. The van der Waals surface area contributed by atoms with Crippen LogP contribution in [0.15, 0.2) is 48.3 Å². The second-order valence-corrected chi connectivity index (χ2v) is 7.96. The molecule has 1 aromatic carbocycles. The van der Waals surface area contributed by atoms with E-state index in [1.165, 1.54) is 12.0 Å². The molecule has 0 radical (unpaired) electrons. The van der Waals surface area contributed by atoms with Gasteiger partial charge in [0.2, 0.25) is 0 Å². The standard InChI is InChI=1S/C24H28N2O5/c1-15(2)14-31-19-8-7-17(12-16(19)3)22(27)20-21(18-6-5-9-25-13-18)26(10-11-30-4)24(29)23(20)28/h5-9,12-13,15,21,27H,10-11,14H2,1-4H3/b22-20+/t21-/m0/s1. The van der Waals surface area contributed by atoms with Gasteiger partial charge in [0.05, 0.1) is 24.8 Å². The number of hydrogen-bond donors (Lipinski definition) is 1. The Morgan fingerprint density at radius 3 is 2.65 bits per heavy atom. The molecule has 0 aliphatic carbocycles. The van der Waals surface area contributed by atoms with Gasteiger partial charge < -0.3 is 19.5 Å². The zero-order chi connectivity index (χ0) is 22.5. The molecule has 7 nitrogen and oxygen atoms in total. The van der Waals surface area contributed by atoms with Gasteiger partial charge in [-0.15, -0.1) is 0 Å². The van der Waals surface area contributed by atoms with Crippen LogP contribution in [0.2, 0.25) is 0 Å². The van der Waals surface area contributed by atoms with E-state index in [4.69, 9.17) is 9.47 Å². The second-order valence-electron chi connectivity index (χ2n) is 7.96. The Labute approximate surface area is 182 Å². The minimum atomic E-state index is -0.735. The zero-order valence-corrected chi connectivity index (χ0v) is 18.3. The SMILES string of the molecule is COCCN1C(=O)C(=O)/C(=C(/O)c2ccc(OCC(C)C)c(C)c2)[C@@H]1c1cccnc1. The summed E-state index contributed by atoms with van der Waals surface area (Å²) in [6.07, 6.45) is 3.21. The van der Waals surface area contributed by atoms with E-state index in [0.29, 0.717) is 23.7 Å². The minimum absolute atomic E-state index is 0.0457. The molecule has 2 heterocycles. The van der Waals surface area contributed by atoms with Crippen molar-refractivity contribution in [1.82, 2.24) is 9.88 Å². The maximum Gasteiger partial charge on any atom is 0.295 e. The normalized spacial score (nSPS) is 18.1. The van der Waals surface area contributed by atoms with Crippen LogP contribution in [0.25, 0.3) is 5.76 Å². The predicted octanol–water partition coefficient (Wildman–Crippen LogP) is 3.49. The van der Waals surface area contributed by atoms with Gasteiger partial charge in [0.1, 0.15) is 11.5 Å². The lowest BCUT2D eigenvalue weighted by molar-refractivity contribution is -0.140. The van der Waals surface area contributed by atoms with Crippen molar-refractivity contribution in [2.24, 2.45) is 5.92 Å². The van der Waals surface area contributed by atoms with Crippen LogP contribution in [0, 0.1) is 12.8 Å². The molecule has 1 atom stereocenters. The minimum Gasteiger partial charge on any atom is -0.507 e. The number of carbonyl (C=O) groups excluding carboxylic acids is 2. The molecule has 3 rings (SSSR count). The Kier molecular flexibility index (Phi) is 7.07. The summed E-state index contributed by atoms with van der Waals surface area (Å²) >= 11 is 0. The van der Waals surface area contributed by atoms with Crippen molar-refractivity contribution in [1.29, 1.82) is 0 Å². The summed E-state index contributed by atoms with van der Waals surface area (Å²) in [5.74, 6) is -0.503. The van der Waals surface area contributed by atoms with Crippen LogP contribution in [0.3, 0.4) is 0 Å². The number of methoxy groups -OCH3 is 1. The lowest BCUT2D eigenvalue weighted by atomic mass is 9.95. The number of pyridine rings is 1. The highest BCUT2D eigenvalue weighted by molar-refractivity contribution is 6.46. The van der Waals surface area contributed by atoms with E-state index >= 15 is 0 Å². The van der Waals surface area contributed by atoms with Crippen LogP contribution >= 0.6 is 0 Å².